The van der Waals surface area contributed by atoms with Gasteiger partial charge in [-0.25, -0.2) is 0 Å². The number of nitrogens with zero attached hydrogens (tertiary/aromatic N) is 1. The molecule has 0 saturated heterocycles. The van der Waals surface area contributed by atoms with Crippen LogP contribution in [-0.2, 0) is 0 Å². The molecule has 0 aliphatic rings. The average molecular weight is 208 g/mol. The zero-order chi connectivity index (χ0) is 11.2. The summed E-state index contributed by atoms with van der Waals surface area (Å²) in [6.45, 7) is 0.505. The highest BCUT2D eigenvalue weighted by molar-refractivity contribution is 5.74. The van der Waals surface area contributed by atoms with E-state index in [0.29, 0.717) is 6.54 Å². The van der Waals surface area contributed by atoms with Crippen molar-refractivity contribution in [3.63, 3.8) is 0 Å². The van der Waals surface area contributed by atoms with Crippen LogP contribution >= 0.6 is 0 Å². The lowest BCUT2D eigenvalue weighted by Crippen LogP contribution is -2.01. The van der Waals surface area contributed by atoms with E-state index in [4.69, 9.17) is 6.42 Å². The van der Waals surface area contributed by atoms with Gasteiger partial charge in [-0.05, 0) is 12.1 Å². The van der Waals surface area contributed by atoms with Crippen LogP contribution in [0.3, 0.4) is 0 Å². The third-order valence-electron chi connectivity index (χ3n) is 2.24. The molecule has 1 aromatic heterocycles. The predicted molar refractivity (Wildman–Crippen MR) is 67.0 cm³/mol. The Morgan fingerprint density at radius 2 is 1.94 bits per heavy atom. The third kappa shape index (κ3) is 2.21. The van der Waals surface area contributed by atoms with Crippen LogP contribution in [0.15, 0.2) is 48.7 Å². The predicted octanol–water partition coefficient (Wildman–Crippen LogP) is 2.79. The second-order valence-electron chi connectivity index (χ2n) is 3.32. The maximum absolute atomic E-state index is 5.23. The molecule has 0 atom stereocenters. The maximum atomic E-state index is 5.23. The summed E-state index contributed by atoms with van der Waals surface area (Å²) in [5.74, 6) is 2.56. The first-order valence-electron chi connectivity index (χ1n) is 5.09. The van der Waals surface area contributed by atoms with Crippen LogP contribution in [0.5, 0.6) is 0 Å². The smallest absolute Gasteiger partial charge is 0.0933 e. The Kier molecular flexibility index (Phi) is 3.20. The van der Waals surface area contributed by atoms with E-state index in [0.717, 1.165) is 16.9 Å². The third-order valence-corrected chi connectivity index (χ3v) is 2.24. The number of aromatic nitrogens is 1. The van der Waals surface area contributed by atoms with E-state index in [9.17, 15) is 0 Å². The summed E-state index contributed by atoms with van der Waals surface area (Å²) in [5, 5.41) is 3.16. The van der Waals surface area contributed by atoms with Crippen molar-refractivity contribution in [2.24, 2.45) is 0 Å². The van der Waals surface area contributed by atoms with Crippen molar-refractivity contribution in [3.05, 3.63) is 48.7 Å². The number of hydrogen-bond donors (Lipinski definition) is 1. The van der Waals surface area contributed by atoms with Gasteiger partial charge < -0.3 is 5.32 Å². The van der Waals surface area contributed by atoms with Crippen LogP contribution in [-0.4, -0.2) is 11.5 Å². The van der Waals surface area contributed by atoms with Crippen molar-refractivity contribution in [1.29, 1.82) is 0 Å². The molecule has 0 unspecified atom stereocenters. The number of hydrogen-bond acceptors (Lipinski definition) is 2. The normalized spacial score (nSPS) is 9.44. The van der Waals surface area contributed by atoms with Crippen molar-refractivity contribution < 1.29 is 0 Å². The van der Waals surface area contributed by atoms with Gasteiger partial charge in [-0.3, -0.25) is 4.98 Å². The minimum atomic E-state index is 0.505. The van der Waals surface area contributed by atoms with Gasteiger partial charge in [0.25, 0.3) is 0 Å². The van der Waals surface area contributed by atoms with Gasteiger partial charge in [-0.2, -0.15) is 0 Å². The molecular weight excluding hydrogens is 196 g/mol. The molecule has 0 spiro atoms. The van der Waals surface area contributed by atoms with Gasteiger partial charge in [-0.15, -0.1) is 6.42 Å². The fraction of sp³-hybridized carbons (Fsp3) is 0.0714. The number of benzene rings is 1. The number of nitrogens with one attached hydrogen (secondary N) is 1. The lowest BCUT2D eigenvalue weighted by molar-refractivity contribution is 1.28. The van der Waals surface area contributed by atoms with Crippen molar-refractivity contribution in [3.8, 4) is 23.6 Å². The highest BCUT2D eigenvalue weighted by Gasteiger charge is 2.03. The first kappa shape index (κ1) is 10.3. The first-order valence-corrected chi connectivity index (χ1v) is 5.09. The number of anilines is 1. The van der Waals surface area contributed by atoms with Crippen molar-refractivity contribution in [2.45, 2.75) is 0 Å². The van der Waals surface area contributed by atoms with Crippen LogP contribution in [0.1, 0.15) is 0 Å². The molecule has 1 N–H and O–H groups in total. The molecule has 2 rings (SSSR count). The van der Waals surface area contributed by atoms with Crippen molar-refractivity contribution in [2.75, 3.05) is 11.9 Å². The molecule has 0 bridgehead atoms. The monoisotopic (exact) mass is 208 g/mol. The number of terminal acetylenes is 1. The van der Waals surface area contributed by atoms with Crippen LogP contribution in [0.4, 0.5) is 5.69 Å². The second kappa shape index (κ2) is 4.99. The topological polar surface area (TPSA) is 24.9 Å². The zero-order valence-electron chi connectivity index (χ0n) is 8.85. The molecule has 0 aliphatic heterocycles. The van der Waals surface area contributed by atoms with E-state index in [1.807, 2.05) is 42.5 Å². The molecule has 2 nitrogen and oxygen atoms in total. The summed E-state index contributed by atoms with van der Waals surface area (Å²) in [4.78, 5) is 4.37. The summed E-state index contributed by atoms with van der Waals surface area (Å²) < 4.78 is 0. The minimum absolute atomic E-state index is 0.505. The van der Waals surface area contributed by atoms with E-state index in [1.54, 1.807) is 6.20 Å². The first-order chi connectivity index (χ1) is 7.92. The molecule has 0 fully saturated rings. The lowest BCUT2D eigenvalue weighted by Gasteiger charge is -2.08. The molecule has 0 amide bonds. The zero-order valence-corrected chi connectivity index (χ0v) is 8.85. The van der Waals surface area contributed by atoms with Gasteiger partial charge in [0.05, 0.1) is 17.9 Å². The highest BCUT2D eigenvalue weighted by atomic mass is 14.9. The summed E-state index contributed by atoms with van der Waals surface area (Å²) in [6.07, 6.45) is 7.01. The van der Waals surface area contributed by atoms with Gasteiger partial charge in [0.2, 0.25) is 0 Å². The Bertz CT molecular complexity index is 498. The molecule has 2 aromatic rings. The number of rotatable bonds is 3. The largest absolute Gasteiger partial charge is 0.372 e. The minimum Gasteiger partial charge on any atom is -0.372 e. The summed E-state index contributed by atoms with van der Waals surface area (Å²) in [6, 6.07) is 13.9. The van der Waals surface area contributed by atoms with Gasteiger partial charge >= 0.3 is 0 Å². The highest BCUT2D eigenvalue weighted by Crippen LogP contribution is 2.24. The molecule has 2 heteroatoms. The van der Waals surface area contributed by atoms with Crippen molar-refractivity contribution in [1.82, 2.24) is 4.98 Å². The quantitative estimate of drug-likeness (QED) is 0.784. The second-order valence-corrected chi connectivity index (χ2v) is 3.32. The van der Waals surface area contributed by atoms with Crippen molar-refractivity contribution >= 4 is 5.69 Å². The Morgan fingerprint density at radius 3 is 2.69 bits per heavy atom. The Balaban J connectivity index is 2.38. The van der Waals surface area contributed by atoms with E-state index in [1.165, 1.54) is 0 Å². The molecule has 0 saturated carbocycles. The summed E-state index contributed by atoms with van der Waals surface area (Å²) in [5.41, 5.74) is 2.98. The Labute approximate surface area is 95.4 Å². The van der Waals surface area contributed by atoms with Crippen LogP contribution in [0.2, 0.25) is 0 Å². The fourth-order valence-electron chi connectivity index (χ4n) is 1.52. The summed E-state index contributed by atoms with van der Waals surface area (Å²) >= 11 is 0. The van der Waals surface area contributed by atoms with Crippen LogP contribution < -0.4 is 5.32 Å². The van der Waals surface area contributed by atoms with Gasteiger partial charge in [0, 0.05) is 11.8 Å². The maximum Gasteiger partial charge on any atom is 0.0933 e. The van der Waals surface area contributed by atoms with Gasteiger partial charge in [-0.1, -0.05) is 36.3 Å². The fourth-order valence-corrected chi connectivity index (χ4v) is 1.52. The van der Waals surface area contributed by atoms with Gasteiger partial charge in [0.1, 0.15) is 0 Å². The molecule has 1 aromatic carbocycles. The molecule has 1 heterocycles. The van der Waals surface area contributed by atoms with E-state index >= 15 is 0 Å². The molecule has 78 valence electrons. The molecule has 0 radical (unpaired) electrons. The Morgan fingerprint density at radius 1 is 1.12 bits per heavy atom. The van der Waals surface area contributed by atoms with Gasteiger partial charge in [0.15, 0.2) is 0 Å². The average Bonchev–Trinajstić information content (AvgIpc) is 2.38. The SMILES string of the molecule is C#CCNc1cccnc1-c1ccccc1. The standard InChI is InChI=1S/C14H12N2/c1-2-10-15-13-9-6-11-16-14(13)12-7-4-3-5-8-12/h1,3-9,11,15H,10H2. The van der Waals surface area contributed by atoms with E-state index < -0.39 is 0 Å². The van der Waals surface area contributed by atoms with E-state index in [-0.39, 0.29) is 0 Å². The van der Waals surface area contributed by atoms with Crippen LogP contribution in [0, 0.1) is 12.3 Å². The molecular formula is C14H12N2. The lowest BCUT2D eigenvalue weighted by atomic mass is 10.1. The van der Waals surface area contributed by atoms with E-state index in [2.05, 4.69) is 16.2 Å². The molecule has 16 heavy (non-hydrogen) atoms. The summed E-state index contributed by atoms with van der Waals surface area (Å²) in [7, 11) is 0. The molecule has 0 aliphatic carbocycles. The number of pyridine rings is 1. The Hall–Kier alpha value is -2.27. The van der Waals surface area contributed by atoms with Crippen LogP contribution in [0.25, 0.3) is 11.3 Å².